The molecule has 0 aliphatic carbocycles. The first-order valence-corrected chi connectivity index (χ1v) is 8.95. The Morgan fingerprint density at radius 1 is 1.23 bits per heavy atom. The predicted octanol–water partition coefficient (Wildman–Crippen LogP) is 3.54. The summed E-state index contributed by atoms with van der Waals surface area (Å²) in [5.74, 6) is -0.144. The van der Waals surface area contributed by atoms with Crippen LogP contribution in [-0.2, 0) is 17.8 Å². The van der Waals surface area contributed by atoms with E-state index in [1.54, 1.807) is 19.1 Å². The summed E-state index contributed by atoms with van der Waals surface area (Å²) in [7, 11) is 0. The summed E-state index contributed by atoms with van der Waals surface area (Å²) in [4.78, 5) is 17.6. The van der Waals surface area contributed by atoms with E-state index in [-0.39, 0.29) is 17.8 Å². The summed E-state index contributed by atoms with van der Waals surface area (Å²) >= 11 is 0. The van der Waals surface area contributed by atoms with Crippen LogP contribution >= 0.6 is 0 Å². The van der Waals surface area contributed by atoms with Gasteiger partial charge in [-0.3, -0.25) is 4.79 Å². The molecular weight excluding hydrogens is 329 g/mol. The lowest BCUT2D eigenvalue weighted by Crippen LogP contribution is -2.43. The molecule has 0 bridgehead atoms. The standard InChI is InChI=1S/C21H22FN3O/c1-14(26)25-11-10-18-17-4-2-3-5-19(17)24-21(18)20(25)13-23-12-15-6-8-16(22)9-7-15/h2-9,20,23-24H,10-13H2,1H3. The van der Waals surface area contributed by atoms with Crippen LogP contribution in [0.25, 0.3) is 10.9 Å². The maximum atomic E-state index is 13.0. The lowest BCUT2D eigenvalue weighted by atomic mass is 9.97. The van der Waals surface area contributed by atoms with E-state index in [1.807, 2.05) is 11.0 Å². The molecule has 0 saturated carbocycles. The summed E-state index contributed by atoms with van der Waals surface area (Å²) in [6.45, 7) is 3.64. The number of halogens is 1. The molecular formula is C21H22FN3O. The van der Waals surface area contributed by atoms with Gasteiger partial charge in [-0.1, -0.05) is 30.3 Å². The first-order valence-electron chi connectivity index (χ1n) is 8.95. The normalized spacial score (nSPS) is 16.7. The molecule has 2 heterocycles. The molecule has 1 aliphatic heterocycles. The van der Waals surface area contributed by atoms with Crippen molar-refractivity contribution in [2.45, 2.75) is 25.9 Å². The summed E-state index contributed by atoms with van der Waals surface area (Å²) in [5.41, 5.74) is 4.57. The first-order chi connectivity index (χ1) is 12.6. The molecule has 1 unspecified atom stereocenters. The molecule has 4 nitrogen and oxygen atoms in total. The van der Waals surface area contributed by atoms with Crippen LogP contribution in [-0.4, -0.2) is 28.9 Å². The van der Waals surface area contributed by atoms with Crippen LogP contribution in [0.5, 0.6) is 0 Å². The highest BCUT2D eigenvalue weighted by Crippen LogP contribution is 2.34. The molecule has 3 aromatic rings. The highest BCUT2D eigenvalue weighted by molar-refractivity contribution is 5.86. The molecule has 1 aromatic heterocycles. The summed E-state index contributed by atoms with van der Waals surface area (Å²) in [6, 6.07) is 14.8. The molecule has 134 valence electrons. The van der Waals surface area contributed by atoms with Crippen LogP contribution in [0.3, 0.4) is 0 Å². The molecule has 1 aliphatic rings. The molecule has 2 aromatic carbocycles. The summed E-state index contributed by atoms with van der Waals surface area (Å²) < 4.78 is 13.0. The predicted molar refractivity (Wildman–Crippen MR) is 100 cm³/mol. The van der Waals surface area contributed by atoms with Gasteiger partial charge in [-0.2, -0.15) is 0 Å². The molecule has 4 rings (SSSR count). The zero-order valence-electron chi connectivity index (χ0n) is 14.8. The van der Waals surface area contributed by atoms with E-state index in [0.717, 1.165) is 29.7 Å². The van der Waals surface area contributed by atoms with Crippen LogP contribution in [0.2, 0.25) is 0 Å². The van der Waals surface area contributed by atoms with Crippen molar-refractivity contribution in [2.75, 3.05) is 13.1 Å². The van der Waals surface area contributed by atoms with E-state index in [9.17, 15) is 9.18 Å². The zero-order valence-corrected chi connectivity index (χ0v) is 14.8. The van der Waals surface area contributed by atoms with Gasteiger partial charge in [0.1, 0.15) is 5.82 Å². The number of amides is 1. The van der Waals surface area contributed by atoms with Gasteiger partial charge in [0.15, 0.2) is 0 Å². The van der Waals surface area contributed by atoms with Crippen molar-refractivity contribution in [3.63, 3.8) is 0 Å². The quantitative estimate of drug-likeness (QED) is 0.755. The second-order valence-corrected chi connectivity index (χ2v) is 6.80. The second-order valence-electron chi connectivity index (χ2n) is 6.80. The maximum absolute atomic E-state index is 13.0. The van der Waals surface area contributed by atoms with Crippen molar-refractivity contribution >= 4 is 16.8 Å². The number of nitrogens with zero attached hydrogens (tertiary/aromatic N) is 1. The minimum Gasteiger partial charge on any atom is -0.356 e. The second kappa shape index (κ2) is 6.92. The largest absolute Gasteiger partial charge is 0.356 e. The van der Waals surface area contributed by atoms with Crippen molar-refractivity contribution < 1.29 is 9.18 Å². The third-order valence-corrected chi connectivity index (χ3v) is 5.14. The molecule has 26 heavy (non-hydrogen) atoms. The van der Waals surface area contributed by atoms with Crippen molar-refractivity contribution in [1.82, 2.24) is 15.2 Å². The fourth-order valence-corrected chi connectivity index (χ4v) is 3.86. The monoisotopic (exact) mass is 351 g/mol. The van der Waals surface area contributed by atoms with E-state index < -0.39 is 0 Å². The van der Waals surface area contributed by atoms with E-state index in [0.29, 0.717) is 13.1 Å². The fourth-order valence-electron chi connectivity index (χ4n) is 3.86. The first kappa shape index (κ1) is 16.8. The number of carbonyl (C=O) groups is 1. The van der Waals surface area contributed by atoms with Gasteiger partial charge >= 0.3 is 0 Å². The Morgan fingerprint density at radius 2 is 2.00 bits per heavy atom. The van der Waals surface area contributed by atoms with Gasteiger partial charge in [0.2, 0.25) is 5.91 Å². The number of H-pyrrole nitrogens is 1. The molecule has 1 atom stereocenters. The number of hydrogen-bond acceptors (Lipinski definition) is 2. The molecule has 0 radical (unpaired) electrons. The van der Waals surface area contributed by atoms with Gasteiger partial charge in [0.05, 0.1) is 6.04 Å². The lowest BCUT2D eigenvalue weighted by Gasteiger charge is -2.35. The van der Waals surface area contributed by atoms with E-state index >= 15 is 0 Å². The van der Waals surface area contributed by atoms with Crippen LogP contribution < -0.4 is 5.32 Å². The van der Waals surface area contributed by atoms with E-state index in [1.165, 1.54) is 23.1 Å². The van der Waals surface area contributed by atoms with Crippen molar-refractivity contribution in [1.29, 1.82) is 0 Å². The third-order valence-electron chi connectivity index (χ3n) is 5.14. The molecule has 0 fully saturated rings. The molecule has 0 saturated heterocycles. The van der Waals surface area contributed by atoms with Gasteiger partial charge in [0, 0.05) is 43.2 Å². The number of rotatable bonds is 4. The van der Waals surface area contributed by atoms with Crippen LogP contribution in [0.15, 0.2) is 48.5 Å². The number of carbonyl (C=O) groups excluding carboxylic acids is 1. The highest BCUT2D eigenvalue weighted by atomic mass is 19.1. The highest BCUT2D eigenvalue weighted by Gasteiger charge is 2.31. The molecule has 1 amide bonds. The SMILES string of the molecule is CC(=O)N1CCc2c([nH]c3ccccc23)C1CNCc1ccc(F)cc1. The van der Waals surface area contributed by atoms with Crippen LogP contribution in [0.1, 0.15) is 29.8 Å². The topological polar surface area (TPSA) is 48.1 Å². The Balaban J connectivity index is 1.57. The number of aromatic amines is 1. The van der Waals surface area contributed by atoms with Crippen molar-refractivity contribution in [3.8, 4) is 0 Å². The van der Waals surface area contributed by atoms with Gasteiger partial charge < -0.3 is 15.2 Å². The van der Waals surface area contributed by atoms with Crippen LogP contribution in [0, 0.1) is 5.82 Å². The number of nitrogens with one attached hydrogen (secondary N) is 2. The van der Waals surface area contributed by atoms with Crippen molar-refractivity contribution in [2.24, 2.45) is 0 Å². The van der Waals surface area contributed by atoms with Crippen molar-refractivity contribution in [3.05, 3.63) is 71.2 Å². The smallest absolute Gasteiger partial charge is 0.220 e. The summed E-state index contributed by atoms with van der Waals surface area (Å²) in [6.07, 6.45) is 0.868. The number of aromatic nitrogens is 1. The Labute approximate surface area is 152 Å². The van der Waals surface area contributed by atoms with E-state index in [4.69, 9.17) is 0 Å². The minimum atomic E-state index is -0.230. The van der Waals surface area contributed by atoms with Gasteiger partial charge in [0.25, 0.3) is 0 Å². The number of benzene rings is 2. The Hall–Kier alpha value is -2.66. The number of fused-ring (bicyclic) bond motifs is 3. The van der Waals surface area contributed by atoms with Gasteiger partial charge in [-0.25, -0.2) is 4.39 Å². The lowest BCUT2D eigenvalue weighted by molar-refractivity contribution is -0.131. The number of hydrogen-bond donors (Lipinski definition) is 2. The summed E-state index contributed by atoms with van der Waals surface area (Å²) in [5, 5.41) is 4.67. The maximum Gasteiger partial charge on any atom is 0.220 e. The molecule has 2 N–H and O–H groups in total. The average molecular weight is 351 g/mol. The molecule has 0 spiro atoms. The minimum absolute atomic E-state index is 0.0240. The van der Waals surface area contributed by atoms with E-state index in [2.05, 4.69) is 28.5 Å². The Kier molecular flexibility index (Phi) is 4.47. The zero-order chi connectivity index (χ0) is 18.1. The van der Waals surface area contributed by atoms with Gasteiger partial charge in [-0.05, 0) is 35.7 Å². The third kappa shape index (κ3) is 3.10. The fraction of sp³-hybridized carbons (Fsp3) is 0.286. The molecule has 5 heteroatoms. The number of para-hydroxylation sites is 1. The average Bonchev–Trinajstić information content (AvgIpc) is 3.02. The van der Waals surface area contributed by atoms with Crippen LogP contribution in [0.4, 0.5) is 4.39 Å². The Morgan fingerprint density at radius 3 is 2.77 bits per heavy atom. The Bertz CT molecular complexity index is 932. The van der Waals surface area contributed by atoms with Gasteiger partial charge in [-0.15, -0.1) is 0 Å².